The lowest BCUT2D eigenvalue weighted by molar-refractivity contribution is 0.0531. The van der Waals surface area contributed by atoms with Crippen LogP contribution in [0, 0.1) is 11.3 Å². The number of hydrogen-bond acceptors (Lipinski definition) is 8. The standard InChI is InChI=1S/C19H20F2N4O2S2/c1-3-23-19-25-14(15(29-19)18(26)27-4-2)9-28-17-12(8-22)11(10-5-6-10)7-13(24-17)16(20)21/h7,10,16H,3-6,9H2,1-2H3,(H,23,25). The fourth-order valence-electron chi connectivity index (χ4n) is 2.77. The van der Waals surface area contributed by atoms with Crippen molar-refractivity contribution in [1.29, 1.82) is 5.26 Å². The number of nitrogens with one attached hydrogen (secondary N) is 1. The monoisotopic (exact) mass is 438 g/mol. The van der Waals surface area contributed by atoms with Crippen molar-refractivity contribution in [1.82, 2.24) is 9.97 Å². The smallest absolute Gasteiger partial charge is 0.350 e. The normalized spacial score (nSPS) is 13.4. The van der Waals surface area contributed by atoms with Crippen molar-refractivity contribution >= 4 is 34.2 Å². The van der Waals surface area contributed by atoms with Crippen molar-refractivity contribution in [2.45, 2.75) is 49.8 Å². The highest BCUT2D eigenvalue weighted by Crippen LogP contribution is 2.44. The Morgan fingerprint density at radius 2 is 2.21 bits per heavy atom. The number of esters is 1. The van der Waals surface area contributed by atoms with E-state index in [1.54, 1.807) is 6.92 Å². The van der Waals surface area contributed by atoms with Gasteiger partial charge in [-0.3, -0.25) is 0 Å². The number of nitrogens with zero attached hydrogens (tertiary/aromatic N) is 3. The fraction of sp³-hybridized carbons (Fsp3) is 0.474. The van der Waals surface area contributed by atoms with Gasteiger partial charge in [-0.05, 0) is 44.2 Å². The second-order valence-electron chi connectivity index (χ2n) is 6.34. The molecule has 6 nitrogen and oxygen atoms in total. The summed E-state index contributed by atoms with van der Waals surface area (Å²) in [7, 11) is 0. The van der Waals surface area contributed by atoms with E-state index in [9.17, 15) is 18.8 Å². The molecule has 2 aromatic heterocycles. The van der Waals surface area contributed by atoms with Crippen LogP contribution in [-0.4, -0.2) is 29.1 Å². The first-order chi connectivity index (χ1) is 14.0. The largest absolute Gasteiger partial charge is 0.462 e. The molecule has 1 aliphatic rings. The topological polar surface area (TPSA) is 87.9 Å². The molecule has 0 bridgehead atoms. The van der Waals surface area contributed by atoms with Gasteiger partial charge in [0.05, 0.1) is 17.9 Å². The molecule has 0 radical (unpaired) electrons. The molecule has 154 valence electrons. The summed E-state index contributed by atoms with van der Waals surface area (Å²) < 4.78 is 31.7. The van der Waals surface area contributed by atoms with Gasteiger partial charge >= 0.3 is 5.97 Å². The highest BCUT2D eigenvalue weighted by Gasteiger charge is 2.30. The second-order valence-corrected chi connectivity index (χ2v) is 8.30. The molecule has 0 spiro atoms. The summed E-state index contributed by atoms with van der Waals surface area (Å²) in [4.78, 5) is 21.1. The maximum Gasteiger partial charge on any atom is 0.350 e. The first-order valence-corrected chi connectivity index (χ1v) is 11.0. The summed E-state index contributed by atoms with van der Waals surface area (Å²) in [6.45, 7) is 4.51. The average Bonchev–Trinajstić information content (AvgIpc) is 3.46. The van der Waals surface area contributed by atoms with E-state index in [0.29, 0.717) is 33.4 Å². The van der Waals surface area contributed by atoms with Crippen LogP contribution < -0.4 is 5.32 Å². The van der Waals surface area contributed by atoms with Crippen LogP contribution in [-0.2, 0) is 10.5 Å². The molecule has 29 heavy (non-hydrogen) atoms. The van der Waals surface area contributed by atoms with Crippen LogP contribution in [0.15, 0.2) is 11.1 Å². The van der Waals surface area contributed by atoms with Gasteiger partial charge in [0.1, 0.15) is 21.7 Å². The number of ether oxygens (including phenoxy) is 1. The number of aromatic nitrogens is 2. The van der Waals surface area contributed by atoms with Crippen LogP contribution in [0.3, 0.4) is 0 Å². The third-order valence-electron chi connectivity index (χ3n) is 4.22. The molecule has 0 saturated heterocycles. The van der Waals surface area contributed by atoms with E-state index in [1.165, 1.54) is 17.4 Å². The third kappa shape index (κ3) is 5.03. The van der Waals surface area contributed by atoms with Crippen LogP contribution in [0.2, 0.25) is 0 Å². The zero-order valence-electron chi connectivity index (χ0n) is 16.0. The maximum atomic E-state index is 13.3. The van der Waals surface area contributed by atoms with Gasteiger partial charge < -0.3 is 10.1 Å². The number of carbonyl (C=O) groups excluding carboxylic acids is 1. The molecule has 1 N–H and O–H groups in total. The average molecular weight is 439 g/mol. The number of carbonyl (C=O) groups is 1. The summed E-state index contributed by atoms with van der Waals surface area (Å²) in [5.41, 5.74) is 1.13. The van der Waals surface area contributed by atoms with E-state index >= 15 is 0 Å². The number of thiazole rings is 1. The molecule has 0 aliphatic heterocycles. The van der Waals surface area contributed by atoms with Crippen molar-refractivity contribution in [2.24, 2.45) is 0 Å². The number of anilines is 1. The zero-order chi connectivity index (χ0) is 21.0. The van der Waals surface area contributed by atoms with E-state index in [1.807, 2.05) is 6.92 Å². The van der Waals surface area contributed by atoms with E-state index in [-0.39, 0.29) is 29.0 Å². The number of nitriles is 1. The van der Waals surface area contributed by atoms with Crippen molar-refractivity contribution in [3.63, 3.8) is 0 Å². The Hall–Kier alpha value is -2.25. The quantitative estimate of drug-likeness (QED) is 0.429. The van der Waals surface area contributed by atoms with Gasteiger partial charge in [-0.2, -0.15) is 5.26 Å². The summed E-state index contributed by atoms with van der Waals surface area (Å²) in [5.74, 6) is -0.119. The summed E-state index contributed by atoms with van der Waals surface area (Å²) in [5, 5.41) is 13.5. The molecule has 0 atom stereocenters. The Kier molecular flexibility index (Phi) is 7.03. The molecule has 0 aromatic carbocycles. The van der Waals surface area contributed by atoms with Gasteiger partial charge in [-0.1, -0.05) is 23.1 Å². The molecule has 0 amide bonds. The Labute approximate surface area is 175 Å². The molecular formula is C19H20F2N4O2S2. The summed E-state index contributed by atoms with van der Waals surface area (Å²) >= 11 is 2.33. The number of hydrogen-bond donors (Lipinski definition) is 1. The van der Waals surface area contributed by atoms with Gasteiger partial charge in [-0.25, -0.2) is 23.5 Å². The molecule has 2 aromatic rings. The van der Waals surface area contributed by atoms with Gasteiger partial charge in [0, 0.05) is 12.3 Å². The minimum atomic E-state index is -2.71. The molecule has 10 heteroatoms. The lowest BCUT2D eigenvalue weighted by Gasteiger charge is -2.11. The van der Waals surface area contributed by atoms with Crippen molar-refractivity contribution < 1.29 is 18.3 Å². The van der Waals surface area contributed by atoms with E-state index in [4.69, 9.17) is 4.74 Å². The Bertz CT molecular complexity index is 939. The van der Waals surface area contributed by atoms with E-state index in [2.05, 4.69) is 21.4 Å². The minimum Gasteiger partial charge on any atom is -0.462 e. The molecular weight excluding hydrogens is 418 g/mol. The van der Waals surface area contributed by atoms with Crippen molar-refractivity contribution in [3.8, 4) is 6.07 Å². The zero-order valence-corrected chi connectivity index (χ0v) is 17.6. The molecule has 1 fully saturated rings. The summed E-state index contributed by atoms with van der Waals surface area (Å²) in [6.07, 6.45) is -0.943. The first-order valence-electron chi connectivity index (χ1n) is 9.24. The maximum absolute atomic E-state index is 13.3. The predicted octanol–water partition coefficient (Wildman–Crippen LogP) is 5.13. The van der Waals surface area contributed by atoms with Crippen LogP contribution in [0.25, 0.3) is 0 Å². The third-order valence-corrected chi connectivity index (χ3v) is 6.24. The van der Waals surface area contributed by atoms with E-state index < -0.39 is 12.4 Å². The van der Waals surface area contributed by atoms with Crippen molar-refractivity contribution in [3.05, 3.63) is 33.5 Å². The lowest BCUT2D eigenvalue weighted by atomic mass is 10.1. The second kappa shape index (κ2) is 9.50. The van der Waals surface area contributed by atoms with Gasteiger partial charge in [0.2, 0.25) is 0 Å². The summed E-state index contributed by atoms with van der Waals surface area (Å²) in [6, 6.07) is 3.47. The van der Waals surface area contributed by atoms with Crippen LogP contribution in [0.1, 0.15) is 71.2 Å². The minimum absolute atomic E-state index is 0.138. The number of rotatable bonds is 9. The fourth-order valence-corrected chi connectivity index (χ4v) is 4.77. The Balaban J connectivity index is 1.91. The first kappa shape index (κ1) is 21.5. The highest BCUT2D eigenvalue weighted by atomic mass is 32.2. The number of halogens is 2. The van der Waals surface area contributed by atoms with E-state index in [0.717, 1.165) is 24.6 Å². The molecule has 2 heterocycles. The molecule has 1 aliphatic carbocycles. The SMILES string of the molecule is CCNc1nc(CSc2nc(C(F)F)cc(C3CC3)c2C#N)c(C(=O)OCC)s1. The molecule has 0 unspecified atom stereocenters. The van der Waals surface area contributed by atoms with Crippen molar-refractivity contribution in [2.75, 3.05) is 18.5 Å². The van der Waals surface area contributed by atoms with Crippen LogP contribution in [0.5, 0.6) is 0 Å². The highest BCUT2D eigenvalue weighted by molar-refractivity contribution is 7.98. The van der Waals surface area contributed by atoms with Crippen LogP contribution >= 0.6 is 23.1 Å². The van der Waals surface area contributed by atoms with Gasteiger partial charge in [0.15, 0.2) is 5.13 Å². The molecule has 1 saturated carbocycles. The Morgan fingerprint density at radius 1 is 1.45 bits per heavy atom. The lowest BCUT2D eigenvalue weighted by Crippen LogP contribution is -2.05. The molecule has 3 rings (SSSR count). The van der Waals surface area contributed by atoms with Gasteiger partial charge in [0.25, 0.3) is 6.43 Å². The number of pyridine rings is 1. The Morgan fingerprint density at radius 3 is 2.79 bits per heavy atom. The number of thioether (sulfide) groups is 1. The number of alkyl halides is 2. The van der Waals surface area contributed by atoms with Gasteiger partial charge in [-0.15, -0.1) is 0 Å². The predicted molar refractivity (Wildman–Crippen MR) is 108 cm³/mol. The van der Waals surface area contributed by atoms with Crippen LogP contribution in [0.4, 0.5) is 13.9 Å².